The first-order valence-electron chi connectivity index (χ1n) is 7.89. The summed E-state index contributed by atoms with van der Waals surface area (Å²) in [7, 11) is 0. The van der Waals surface area contributed by atoms with Gasteiger partial charge < -0.3 is 9.64 Å². The Morgan fingerprint density at radius 3 is 2.74 bits per heavy atom. The molecule has 6 heteroatoms. The molecule has 120 valence electrons. The van der Waals surface area contributed by atoms with Gasteiger partial charge in [0.2, 0.25) is 0 Å². The van der Waals surface area contributed by atoms with E-state index in [1.165, 1.54) is 6.07 Å². The Morgan fingerprint density at radius 2 is 1.96 bits per heavy atom. The number of amides is 1. The Bertz CT molecular complexity index is 740. The van der Waals surface area contributed by atoms with Gasteiger partial charge in [-0.15, -0.1) is 0 Å². The lowest BCUT2D eigenvalue weighted by atomic mass is 10.1. The third-order valence-electron chi connectivity index (χ3n) is 4.60. The van der Waals surface area contributed by atoms with Crippen LogP contribution < -0.4 is 0 Å². The zero-order valence-electron chi connectivity index (χ0n) is 12.7. The van der Waals surface area contributed by atoms with Crippen molar-refractivity contribution in [1.82, 2.24) is 14.8 Å². The van der Waals surface area contributed by atoms with Crippen molar-refractivity contribution in [2.45, 2.75) is 6.04 Å². The van der Waals surface area contributed by atoms with Crippen LogP contribution in [0, 0.1) is 5.82 Å². The molecule has 4 rings (SSSR count). The smallest absolute Gasteiger partial charge is 0.272 e. The zero-order chi connectivity index (χ0) is 15.8. The average Bonchev–Trinajstić information content (AvgIpc) is 2.54. The molecule has 3 heterocycles. The number of hydrogen-bond acceptors (Lipinski definition) is 4. The van der Waals surface area contributed by atoms with Gasteiger partial charge in [0.15, 0.2) is 0 Å². The Balaban J connectivity index is 1.47. The van der Waals surface area contributed by atoms with E-state index in [1.54, 1.807) is 29.2 Å². The second-order valence-corrected chi connectivity index (χ2v) is 6.02. The molecule has 0 aliphatic carbocycles. The number of hydrogen-bond donors (Lipinski definition) is 0. The van der Waals surface area contributed by atoms with Crippen molar-refractivity contribution in [1.29, 1.82) is 0 Å². The van der Waals surface area contributed by atoms with Crippen LogP contribution in [-0.4, -0.2) is 66.1 Å². The van der Waals surface area contributed by atoms with E-state index in [4.69, 9.17) is 4.74 Å². The minimum atomic E-state index is -0.396. The highest BCUT2D eigenvalue weighted by molar-refractivity contribution is 5.95. The van der Waals surface area contributed by atoms with E-state index in [0.29, 0.717) is 30.2 Å². The standard InChI is InChI=1S/C17H18FN3O2/c18-14-3-1-2-12-4-5-15(19-16(12)14)17(22)21-10-13(11-21)20-6-8-23-9-7-20/h1-5,13H,6-11H2. The van der Waals surface area contributed by atoms with Crippen LogP contribution in [0.1, 0.15) is 10.5 Å². The van der Waals surface area contributed by atoms with Gasteiger partial charge in [0.05, 0.1) is 13.2 Å². The summed E-state index contributed by atoms with van der Waals surface area (Å²) in [6, 6.07) is 8.62. The summed E-state index contributed by atoms with van der Waals surface area (Å²) in [5, 5.41) is 0.705. The fraction of sp³-hybridized carbons (Fsp3) is 0.412. The number of rotatable bonds is 2. The molecule has 0 bridgehead atoms. The van der Waals surface area contributed by atoms with Crippen LogP contribution in [0.4, 0.5) is 4.39 Å². The van der Waals surface area contributed by atoms with Crippen molar-refractivity contribution in [2.75, 3.05) is 39.4 Å². The number of para-hydroxylation sites is 1. The maximum Gasteiger partial charge on any atom is 0.272 e. The second kappa shape index (κ2) is 5.86. The summed E-state index contributed by atoms with van der Waals surface area (Å²) in [6.45, 7) is 4.77. The van der Waals surface area contributed by atoms with Gasteiger partial charge in [-0.05, 0) is 12.1 Å². The minimum Gasteiger partial charge on any atom is -0.379 e. The van der Waals surface area contributed by atoms with E-state index in [2.05, 4.69) is 9.88 Å². The number of fused-ring (bicyclic) bond motifs is 1. The Hall–Kier alpha value is -2.05. The molecule has 0 radical (unpaired) electrons. The molecular weight excluding hydrogens is 297 g/mol. The average molecular weight is 315 g/mol. The number of pyridine rings is 1. The van der Waals surface area contributed by atoms with Crippen LogP contribution in [0.5, 0.6) is 0 Å². The van der Waals surface area contributed by atoms with Crippen molar-refractivity contribution in [3.8, 4) is 0 Å². The van der Waals surface area contributed by atoms with Crippen LogP contribution in [0.2, 0.25) is 0 Å². The Kier molecular flexibility index (Phi) is 3.71. The van der Waals surface area contributed by atoms with E-state index in [9.17, 15) is 9.18 Å². The molecule has 0 atom stereocenters. The molecule has 2 saturated heterocycles. The second-order valence-electron chi connectivity index (χ2n) is 6.02. The number of likely N-dealkylation sites (tertiary alicyclic amines) is 1. The van der Waals surface area contributed by atoms with Gasteiger partial charge in [0.25, 0.3) is 5.91 Å². The Morgan fingerprint density at radius 1 is 1.17 bits per heavy atom. The topological polar surface area (TPSA) is 45.7 Å². The number of ether oxygens (including phenoxy) is 1. The maximum absolute atomic E-state index is 13.8. The number of benzene rings is 1. The highest BCUT2D eigenvalue weighted by atomic mass is 19.1. The van der Waals surface area contributed by atoms with Crippen molar-refractivity contribution in [3.63, 3.8) is 0 Å². The first kappa shape index (κ1) is 14.5. The summed E-state index contributed by atoms with van der Waals surface area (Å²) < 4.78 is 19.2. The molecule has 5 nitrogen and oxygen atoms in total. The molecule has 0 unspecified atom stereocenters. The predicted octanol–water partition coefficient (Wildman–Crippen LogP) is 1.53. The SMILES string of the molecule is O=C(c1ccc2cccc(F)c2n1)N1CC(N2CCOCC2)C1. The summed E-state index contributed by atoms with van der Waals surface area (Å²) in [5.41, 5.74) is 0.562. The van der Waals surface area contributed by atoms with Gasteiger partial charge in [-0.1, -0.05) is 18.2 Å². The van der Waals surface area contributed by atoms with Crippen LogP contribution in [-0.2, 0) is 4.74 Å². The molecule has 1 aromatic carbocycles. The largest absolute Gasteiger partial charge is 0.379 e. The summed E-state index contributed by atoms with van der Waals surface area (Å²) >= 11 is 0. The molecular formula is C17H18FN3O2. The minimum absolute atomic E-state index is 0.125. The first-order valence-corrected chi connectivity index (χ1v) is 7.89. The molecule has 2 aliphatic heterocycles. The molecule has 2 aliphatic rings. The van der Waals surface area contributed by atoms with Gasteiger partial charge in [0.1, 0.15) is 17.0 Å². The predicted molar refractivity (Wildman–Crippen MR) is 83.8 cm³/mol. The highest BCUT2D eigenvalue weighted by Gasteiger charge is 2.36. The number of aromatic nitrogens is 1. The van der Waals surface area contributed by atoms with Crippen molar-refractivity contribution in [2.24, 2.45) is 0 Å². The fourth-order valence-corrected chi connectivity index (χ4v) is 3.19. The van der Waals surface area contributed by atoms with E-state index < -0.39 is 5.82 Å². The van der Waals surface area contributed by atoms with Gasteiger partial charge in [0, 0.05) is 37.6 Å². The van der Waals surface area contributed by atoms with E-state index in [-0.39, 0.29) is 11.4 Å². The van der Waals surface area contributed by atoms with Crippen molar-refractivity contribution in [3.05, 3.63) is 41.8 Å². The van der Waals surface area contributed by atoms with Crippen LogP contribution in [0.25, 0.3) is 10.9 Å². The molecule has 1 amide bonds. The normalized spacial score (nSPS) is 19.8. The van der Waals surface area contributed by atoms with E-state index >= 15 is 0 Å². The lowest BCUT2D eigenvalue weighted by Crippen LogP contribution is -2.62. The van der Waals surface area contributed by atoms with Gasteiger partial charge in [-0.3, -0.25) is 9.69 Å². The van der Waals surface area contributed by atoms with Crippen LogP contribution >= 0.6 is 0 Å². The molecule has 0 saturated carbocycles. The molecule has 2 aromatic rings. The molecule has 0 spiro atoms. The van der Waals surface area contributed by atoms with Crippen molar-refractivity contribution < 1.29 is 13.9 Å². The molecule has 1 aromatic heterocycles. The highest BCUT2D eigenvalue weighted by Crippen LogP contribution is 2.21. The third kappa shape index (κ3) is 2.68. The lowest BCUT2D eigenvalue weighted by Gasteiger charge is -2.46. The molecule has 2 fully saturated rings. The summed E-state index contributed by atoms with van der Waals surface area (Å²) in [6.07, 6.45) is 0. The number of carbonyl (C=O) groups excluding carboxylic acids is 1. The fourth-order valence-electron chi connectivity index (χ4n) is 3.19. The quantitative estimate of drug-likeness (QED) is 0.843. The number of halogens is 1. The van der Waals surface area contributed by atoms with Gasteiger partial charge in [-0.2, -0.15) is 0 Å². The third-order valence-corrected chi connectivity index (χ3v) is 4.60. The molecule has 23 heavy (non-hydrogen) atoms. The lowest BCUT2D eigenvalue weighted by molar-refractivity contribution is -0.0257. The number of carbonyl (C=O) groups is 1. The van der Waals surface area contributed by atoms with Crippen LogP contribution in [0.3, 0.4) is 0 Å². The Labute approximate surface area is 133 Å². The summed E-state index contributed by atoms with van der Waals surface area (Å²) in [4.78, 5) is 20.9. The number of nitrogens with zero attached hydrogens (tertiary/aromatic N) is 3. The van der Waals surface area contributed by atoms with E-state index in [0.717, 1.165) is 26.3 Å². The monoisotopic (exact) mass is 315 g/mol. The van der Waals surface area contributed by atoms with E-state index in [1.807, 2.05) is 0 Å². The molecule has 0 N–H and O–H groups in total. The maximum atomic E-state index is 13.8. The van der Waals surface area contributed by atoms with Gasteiger partial charge >= 0.3 is 0 Å². The summed E-state index contributed by atoms with van der Waals surface area (Å²) in [5.74, 6) is -0.522. The van der Waals surface area contributed by atoms with Gasteiger partial charge in [-0.25, -0.2) is 9.37 Å². The zero-order valence-corrected chi connectivity index (χ0v) is 12.7. The number of morpholine rings is 1. The first-order chi connectivity index (χ1) is 11.2. The van der Waals surface area contributed by atoms with Crippen molar-refractivity contribution >= 4 is 16.8 Å². The van der Waals surface area contributed by atoms with Crippen LogP contribution in [0.15, 0.2) is 30.3 Å².